The Bertz CT molecular complexity index is 366. The summed E-state index contributed by atoms with van der Waals surface area (Å²) in [6.45, 7) is 7.53. The van der Waals surface area contributed by atoms with E-state index in [1.165, 1.54) is 5.56 Å². The first-order valence-corrected chi connectivity index (χ1v) is 6.63. The average molecular weight is 251 g/mol. The normalized spacial score (nSPS) is 14.1. The van der Waals surface area contributed by atoms with Gasteiger partial charge in [0.25, 0.3) is 0 Å². The Kier molecular flexibility index (Phi) is 5.99. The number of nitrogens with one attached hydrogen (secondary N) is 1. The summed E-state index contributed by atoms with van der Waals surface area (Å²) in [5.41, 5.74) is 1.17. The Morgan fingerprint density at radius 3 is 2.39 bits per heavy atom. The minimum atomic E-state index is 0.296. The molecule has 0 radical (unpaired) electrons. The average Bonchev–Trinajstić information content (AvgIpc) is 2.43. The Labute approximate surface area is 110 Å². The quantitative estimate of drug-likeness (QED) is 0.805. The maximum atomic E-state index is 5.47. The van der Waals surface area contributed by atoms with Crippen LogP contribution in [0.25, 0.3) is 0 Å². The summed E-state index contributed by atoms with van der Waals surface area (Å²) >= 11 is 0. The molecule has 0 aromatic heterocycles. The molecule has 1 aromatic carbocycles. The molecule has 0 saturated heterocycles. The second-order valence-electron chi connectivity index (χ2n) is 4.53. The summed E-state index contributed by atoms with van der Waals surface area (Å²) < 4.78 is 10.8. The van der Waals surface area contributed by atoms with Gasteiger partial charge in [0.15, 0.2) is 0 Å². The highest BCUT2D eigenvalue weighted by atomic mass is 16.5. The van der Waals surface area contributed by atoms with Gasteiger partial charge in [0, 0.05) is 11.6 Å². The molecule has 102 valence electrons. The van der Waals surface area contributed by atoms with Crippen LogP contribution < -0.4 is 14.8 Å². The van der Waals surface area contributed by atoms with E-state index in [9.17, 15) is 0 Å². The van der Waals surface area contributed by atoms with Gasteiger partial charge in [0.1, 0.15) is 11.5 Å². The van der Waals surface area contributed by atoms with Crippen LogP contribution in [0.5, 0.6) is 11.5 Å². The molecule has 18 heavy (non-hydrogen) atoms. The van der Waals surface area contributed by atoms with Gasteiger partial charge in [-0.15, -0.1) is 0 Å². The number of methoxy groups -OCH3 is 2. The molecule has 0 fully saturated rings. The van der Waals surface area contributed by atoms with Crippen LogP contribution in [0.15, 0.2) is 18.2 Å². The van der Waals surface area contributed by atoms with Gasteiger partial charge in [0.2, 0.25) is 0 Å². The maximum Gasteiger partial charge on any atom is 0.123 e. The predicted molar refractivity (Wildman–Crippen MR) is 75.4 cm³/mol. The molecule has 0 spiro atoms. The molecule has 0 saturated carbocycles. The van der Waals surface area contributed by atoms with Crippen molar-refractivity contribution >= 4 is 0 Å². The van der Waals surface area contributed by atoms with Crippen molar-refractivity contribution in [1.29, 1.82) is 0 Å². The molecule has 1 aromatic rings. The highest BCUT2D eigenvalue weighted by Crippen LogP contribution is 2.34. The lowest BCUT2D eigenvalue weighted by Crippen LogP contribution is -2.27. The van der Waals surface area contributed by atoms with Crippen LogP contribution in [-0.4, -0.2) is 20.8 Å². The smallest absolute Gasteiger partial charge is 0.123 e. The van der Waals surface area contributed by atoms with Gasteiger partial charge < -0.3 is 14.8 Å². The van der Waals surface area contributed by atoms with Gasteiger partial charge in [-0.2, -0.15) is 0 Å². The SMILES string of the molecule is CCNC(c1cc(OC)ccc1OC)C(C)CC. The van der Waals surface area contributed by atoms with E-state index in [-0.39, 0.29) is 0 Å². The van der Waals surface area contributed by atoms with Crippen LogP contribution in [0.2, 0.25) is 0 Å². The number of ether oxygens (including phenoxy) is 2. The van der Waals surface area contributed by atoms with Crippen molar-refractivity contribution in [2.75, 3.05) is 20.8 Å². The molecule has 1 rings (SSSR count). The summed E-state index contributed by atoms with van der Waals surface area (Å²) in [4.78, 5) is 0. The lowest BCUT2D eigenvalue weighted by Gasteiger charge is -2.26. The predicted octanol–water partition coefficient (Wildman–Crippen LogP) is 3.40. The minimum absolute atomic E-state index is 0.296. The van der Waals surface area contributed by atoms with E-state index < -0.39 is 0 Å². The Morgan fingerprint density at radius 1 is 1.17 bits per heavy atom. The zero-order valence-electron chi connectivity index (χ0n) is 12.1. The zero-order chi connectivity index (χ0) is 13.5. The monoisotopic (exact) mass is 251 g/mol. The van der Waals surface area contributed by atoms with Gasteiger partial charge in [-0.25, -0.2) is 0 Å². The standard InChI is InChI=1S/C15H25NO2/c1-6-11(3)15(16-7-2)13-10-12(17-4)8-9-14(13)18-5/h8-11,15-16H,6-7H2,1-5H3. The molecule has 0 amide bonds. The molecule has 0 bridgehead atoms. The van der Waals surface area contributed by atoms with Gasteiger partial charge >= 0.3 is 0 Å². The van der Waals surface area contributed by atoms with Crippen LogP contribution >= 0.6 is 0 Å². The summed E-state index contributed by atoms with van der Waals surface area (Å²) in [5.74, 6) is 2.34. The van der Waals surface area contributed by atoms with Crippen LogP contribution in [0, 0.1) is 5.92 Å². The van der Waals surface area contributed by atoms with E-state index in [0.717, 1.165) is 24.5 Å². The van der Waals surface area contributed by atoms with E-state index >= 15 is 0 Å². The van der Waals surface area contributed by atoms with Gasteiger partial charge in [-0.3, -0.25) is 0 Å². The third kappa shape index (κ3) is 3.39. The Hall–Kier alpha value is -1.22. The number of hydrogen-bond acceptors (Lipinski definition) is 3. The lowest BCUT2D eigenvalue weighted by molar-refractivity contribution is 0.351. The second-order valence-corrected chi connectivity index (χ2v) is 4.53. The van der Waals surface area contributed by atoms with Crippen molar-refractivity contribution in [2.45, 2.75) is 33.2 Å². The van der Waals surface area contributed by atoms with Crippen molar-refractivity contribution in [3.8, 4) is 11.5 Å². The molecule has 0 heterocycles. The summed E-state index contributed by atoms with van der Waals surface area (Å²) in [6, 6.07) is 6.27. The van der Waals surface area contributed by atoms with E-state index in [0.29, 0.717) is 12.0 Å². The summed E-state index contributed by atoms with van der Waals surface area (Å²) in [7, 11) is 3.40. The number of hydrogen-bond donors (Lipinski definition) is 1. The molecular formula is C15H25NO2. The van der Waals surface area contributed by atoms with Crippen LogP contribution in [0.4, 0.5) is 0 Å². The molecule has 0 aliphatic carbocycles. The zero-order valence-corrected chi connectivity index (χ0v) is 12.1. The maximum absolute atomic E-state index is 5.47. The fourth-order valence-corrected chi connectivity index (χ4v) is 2.16. The van der Waals surface area contributed by atoms with Crippen LogP contribution in [0.1, 0.15) is 38.8 Å². The second kappa shape index (κ2) is 7.27. The van der Waals surface area contributed by atoms with Crippen molar-refractivity contribution in [3.05, 3.63) is 23.8 Å². The Morgan fingerprint density at radius 2 is 1.89 bits per heavy atom. The molecular weight excluding hydrogens is 226 g/mol. The molecule has 3 nitrogen and oxygen atoms in total. The first kappa shape index (κ1) is 14.8. The van der Waals surface area contributed by atoms with E-state index in [4.69, 9.17) is 9.47 Å². The van der Waals surface area contributed by atoms with Gasteiger partial charge in [-0.05, 0) is 30.7 Å². The fourth-order valence-electron chi connectivity index (χ4n) is 2.16. The van der Waals surface area contributed by atoms with Crippen LogP contribution in [-0.2, 0) is 0 Å². The minimum Gasteiger partial charge on any atom is -0.497 e. The molecule has 3 heteroatoms. The number of benzene rings is 1. The van der Waals surface area contributed by atoms with Crippen molar-refractivity contribution < 1.29 is 9.47 Å². The molecule has 2 atom stereocenters. The molecule has 0 aliphatic heterocycles. The lowest BCUT2D eigenvalue weighted by atomic mass is 9.91. The van der Waals surface area contributed by atoms with E-state index in [1.54, 1.807) is 14.2 Å². The van der Waals surface area contributed by atoms with Crippen molar-refractivity contribution in [3.63, 3.8) is 0 Å². The fraction of sp³-hybridized carbons (Fsp3) is 0.600. The first-order chi connectivity index (χ1) is 8.67. The number of rotatable bonds is 7. The van der Waals surface area contributed by atoms with E-state index in [2.05, 4.69) is 32.2 Å². The highest BCUT2D eigenvalue weighted by molar-refractivity contribution is 5.42. The summed E-state index contributed by atoms with van der Waals surface area (Å²) in [6.07, 6.45) is 1.12. The third-order valence-electron chi connectivity index (χ3n) is 3.41. The van der Waals surface area contributed by atoms with E-state index in [1.807, 2.05) is 12.1 Å². The topological polar surface area (TPSA) is 30.5 Å². The molecule has 0 aliphatic rings. The molecule has 2 unspecified atom stereocenters. The van der Waals surface area contributed by atoms with Gasteiger partial charge in [0.05, 0.1) is 14.2 Å². The largest absolute Gasteiger partial charge is 0.497 e. The van der Waals surface area contributed by atoms with Crippen LogP contribution in [0.3, 0.4) is 0 Å². The first-order valence-electron chi connectivity index (χ1n) is 6.63. The third-order valence-corrected chi connectivity index (χ3v) is 3.41. The van der Waals surface area contributed by atoms with Gasteiger partial charge in [-0.1, -0.05) is 27.2 Å². The van der Waals surface area contributed by atoms with Crippen molar-refractivity contribution in [1.82, 2.24) is 5.32 Å². The Balaban J connectivity index is 3.14. The van der Waals surface area contributed by atoms with Crippen molar-refractivity contribution in [2.24, 2.45) is 5.92 Å². The molecule has 1 N–H and O–H groups in total. The summed E-state index contributed by atoms with van der Waals surface area (Å²) in [5, 5.41) is 3.54. The highest BCUT2D eigenvalue weighted by Gasteiger charge is 2.21.